The molecule has 1 atom stereocenters. The third kappa shape index (κ3) is 4.32. The zero-order valence-corrected chi connectivity index (χ0v) is 16.1. The molecule has 1 aliphatic rings. The first-order chi connectivity index (χ1) is 13.3. The first kappa shape index (κ1) is 19.8. The van der Waals surface area contributed by atoms with Crippen molar-refractivity contribution in [2.45, 2.75) is 18.2 Å². The lowest BCUT2D eigenvalue weighted by Gasteiger charge is -2.20. The highest BCUT2D eigenvalue weighted by Crippen LogP contribution is 2.33. The number of ether oxygens (including phenoxy) is 1. The van der Waals surface area contributed by atoms with Crippen molar-refractivity contribution in [3.05, 3.63) is 48.5 Å². The number of amides is 2. The maximum atomic E-state index is 12.6. The van der Waals surface area contributed by atoms with Gasteiger partial charge in [0.15, 0.2) is 0 Å². The summed E-state index contributed by atoms with van der Waals surface area (Å²) in [5, 5.41) is 7.77. The topological polar surface area (TPSA) is 119 Å². The van der Waals surface area contributed by atoms with Crippen LogP contribution < -0.4 is 20.1 Å². The molecule has 1 saturated heterocycles. The van der Waals surface area contributed by atoms with Gasteiger partial charge in [-0.25, -0.2) is 13.6 Å². The van der Waals surface area contributed by atoms with E-state index in [1.165, 1.54) is 23.1 Å². The van der Waals surface area contributed by atoms with Crippen molar-refractivity contribution < 1.29 is 22.7 Å². The number of hydrogen-bond donors (Lipinski definition) is 2. The Labute approximate surface area is 163 Å². The Morgan fingerprint density at radius 2 is 2.00 bits per heavy atom. The number of carbonyl (C=O) groups excluding carboxylic acids is 2. The molecule has 0 radical (unpaired) electrons. The van der Waals surface area contributed by atoms with E-state index in [-0.39, 0.29) is 29.7 Å². The van der Waals surface area contributed by atoms with Gasteiger partial charge in [-0.05, 0) is 37.3 Å². The lowest BCUT2D eigenvalue weighted by Crippen LogP contribution is -2.28. The summed E-state index contributed by atoms with van der Waals surface area (Å²) in [7, 11) is -3.87. The predicted octanol–water partition coefficient (Wildman–Crippen LogP) is 1.72. The molecule has 3 rings (SSSR count). The van der Waals surface area contributed by atoms with E-state index < -0.39 is 15.9 Å². The number of hydrogen-bond acceptors (Lipinski definition) is 5. The second kappa shape index (κ2) is 7.99. The Hall–Kier alpha value is -2.91. The Kier molecular flexibility index (Phi) is 5.66. The molecular weight excluding hydrogens is 382 g/mol. The number of rotatable bonds is 6. The van der Waals surface area contributed by atoms with Crippen LogP contribution in [-0.4, -0.2) is 33.4 Å². The predicted molar refractivity (Wildman–Crippen MR) is 105 cm³/mol. The smallest absolute Gasteiger partial charge is 0.238 e. The minimum absolute atomic E-state index is 0.0567. The van der Waals surface area contributed by atoms with E-state index in [0.717, 1.165) is 0 Å². The molecule has 1 fully saturated rings. The van der Waals surface area contributed by atoms with Gasteiger partial charge in [-0.3, -0.25) is 9.59 Å². The molecule has 148 valence electrons. The van der Waals surface area contributed by atoms with Crippen molar-refractivity contribution in [3.63, 3.8) is 0 Å². The summed E-state index contributed by atoms with van der Waals surface area (Å²) in [5.74, 6) is -0.525. The van der Waals surface area contributed by atoms with E-state index >= 15 is 0 Å². The lowest BCUT2D eigenvalue weighted by molar-refractivity contribution is -0.122. The van der Waals surface area contributed by atoms with Gasteiger partial charge in [-0.1, -0.05) is 18.2 Å². The van der Waals surface area contributed by atoms with Crippen LogP contribution in [0.1, 0.15) is 13.3 Å². The van der Waals surface area contributed by atoms with Crippen LogP contribution in [0, 0.1) is 5.92 Å². The number of nitrogens with one attached hydrogen (secondary N) is 1. The highest BCUT2D eigenvalue weighted by molar-refractivity contribution is 7.89. The van der Waals surface area contributed by atoms with Crippen molar-refractivity contribution in [3.8, 4) is 5.75 Å². The molecule has 1 heterocycles. The summed E-state index contributed by atoms with van der Waals surface area (Å²) in [4.78, 5) is 26.5. The van der Waals surface area contributed by atoms with E-state index in [0.29, 0.717) is 23.7 Å². The van der Waals surface area contributed by atoms with Crippen LogP contribution in [0.15, 0.2) is 53.4 Å². The van der Waals surface area contributed by atoms with Gasteiger partial charge in [-0.2, -0.15) is 0 Å². The molecule has 8 nitrogen and oxygen atoms in total. The Bertz CT molecular complexity index is 1010. The highest BCUT2D eigenvalue weighted by atomic mass is 32.2. The number of primary sulfonamides is 1. The minimum Gasteiger partial charge on any atom is -0.492 e. The van der Waals surface area contributed by atoms with Crippen molar-refractivity contribution >= 4 is 33.2 Å². The van der Waals surface area contributed by atoms with Gasteiger partial charge in [0.25, 0.3) is 0 Å². The normalized spacial score (nSPS) is 16.9. The molecule has 28 heavy (non-hydrogen) atoms. The lowest BCUT2D eigenvalue weighted by atomic mass is 10.1. The first-order valence-electron chi connectivity index (χ1n) is 8.75. The first-order valence-corrected chi connectivity index (χ1v) is 10.3. The molecule has 9 heteroatoms. The maximum absolute atomic E-state index is 12.6. The van der Waals surface area contributed by atoms with E-state index in [4.69, 9.17) is 9.88 Å². The van der Waals surface area contributed by atoms with Gasteiger partial charge >= 0.3 is 0 Å². The third-order valence-corrected chi connectivity index (χ3v) is 5.29. The molecule has 0 spiro atoms. The largest absolute Gasteiger partial charge is 0.492 e. The molecule has 0 unspecified atom stereocenters. The summed E-state index contributed by atoms with van der Waals surface area (Å²) >= 11 is 0. The van der Waals surface area contributed by atoms with Crippen LogP contribution in [0.2, 0.25) is 0 Å². The zero-order chi connectivity index (χ0) is 20.3. The fraction of sp³-hybridized carbons (Fsp3) is 0.263. The fourth-order valence-electron chi connectivity index (χ4n) is 3.07. The van der Waals surface area contributed by atoms with E-state index in [2.05, 4.69) is 5.32 Å². The Balaban J connectivity index is 1.74. The maximum Gasteiger partial charge on any atom is 0.238 e. The Morgan fingerprint density at radius 1 is 1.25 bits per heavy atom. The number of para-hydroxylation sites is 2. The summed E-state index contributed by atoms with van der Waals surface area (Å²) in [5.41, 5.74) is 0.929. The monoisotopic (exact) mass is 403 g/mol. The molecule has 2 aromatic carbocycles. The number of nitrogens with zero attached hydrogens (tertiary/aromatic N) is 1. The van der Waals surface area contributed by atoms with Gasteiger partial charge in [0.1, 0.15) is 5.75 Å². The van der Waals surface area contributed by atoms with Gasteiger partial charge in [0.05, 0.1) is 23.1 Å². The Morgan fingerprint density at radius 3 is 2.71 bits per heavy atom. The summed E-state index contributed by atoms with van der Waals surface area (Å²) in [6, 6.07) is 12.8. The quantitative estimate of drug-likeness (QED) is 0.761. The molecule has 0 aromatic heterocycles. The second-order valence-electron chi connectivity index (χ2n) is 6.37. The third-order valence-electron chi connectivity index (χ3n) is 4.38. The molecular formula is C19H21N3O5S. The molecule has 1 aliphatic heterocycles. The number of sulfonamides is 1. The van der Waals surface area contributed by atoms with Crippen LogP contribution >= 0.6 is 0 Å². The second-order valence-corrected chi connectivity index (χ2v) is 7.93. The van der Waals surface area contributed by atoms with E-state index in [9.17, 15) is 18.0 Å². The number of benzene rings is 2. The molecule has 0 bridgehead atoms. The number of nitrogens with two attached hydrogens (primary N) is 1. The van der Waals surface area contributed by atoms with E-state index in [1.807, 2.05) is 13.0 Å². The van der Waals surface area contributed by atoms with Crippen molar-refractivity contribution in [2.24, 2.45) is 11.1 Å². The van der Waals surface area contributed by atoms with Crippen molar-refractivity contribution in [2.75, 3.05) is 23.4 Å². The average Bonchev–Trinajstić information content (AvgIpc) is 3.04. The molecule has 3 N–H and O–H groups in total. The van der Waals surface area contributed by atoms with Crippen molar-refractivity contribution in [1.29, 1.82) is 0 Å². The highest BCUT2D eigenvalue weighted by Gasteiger charge is 2.36. The standard InChI is InChI=1S/C19H21N3O5S/c1-2-27-17-9-4-3-8-16(17)22-12-13(10-18(22)23)19(24)21-14-6-5-7-15(11-14)28(20,25)26/h3-9,11,13H,2,10,12H2,1H3,(H,21,24)(H2,20,25,26)/t13-/m0/s1. The number of anilines is 2. The van der Waals surface area contributed by atoms with Crippen LogP contribution in [0.4, 0.5) is 11.4 Å². The molecule has 0 saturated carbocycles. The van der Waals surface area contributed by atoms with Gasteiger partial charge in [-0.15, -0.1) is 0 Å². The van der Waals surface area contributed by atoms with Gasteiger partial charge in [0, 0.05) is 18.7 Å². The van der Waals surface area contributed by atoms with Crippen LogP contribution in [0.3, 0.4) is 0 Å². The summed E-state index contributed by atoms with van der Waals surface area (Å²) in [6.07, 6.45) is 0.0567. The van der Waals surface area contributed by atoms with Crippen LogP contribution in [0.25, 0.3) is 0 Å². The molecule has 0 aliphatic carbocycles. The molecule has 2 amide bonds. The summed E-state index contributed by atoms with van der Waals surface area (Å²) in [6.45, 7) is 2.53. The molecule has 2 aromatic rings. The van der Waals surface area contributed by atoms with Gasteiger partial charge in [0.2, 0.25) is 21.8 Å². The SMILES string of the molecule is CCOc1ccccc1N1C[C@@H](C(=O)Nc2cccc(S(N)(=O)=O)c2)CC1=O. The van der Waals surface area contributed by atoms with E-state index in [1.54, 1.807) is 24.3 Å². The summed E-state index contributed by atoms with van der Waals surface area (Å²) < 4.78 is 28.5. The van der Waals surface area contributed by atoms with Crippen molar-refractivity contribution in [1.82, 2.24) is 0 Å². The zero-order valence-electron chi connectivity index (χ0n) is 15.3. The average molecular weight is 403 g/mol. The van der Waals surface area contributed by atoms with Crippen LogP contribution in [-0.2, 0) is 19.6 Å². The van der Waals surface area contributed by atoms with Crippen LogP contribution in [0.5, 0.6) is 5.75 Å². The van der Waals surface area contributed by atoms with Gasteiger partial charge < -0.3 is 15.0 Å². The minimum atomic E-state index is -3.87. The fourth-order valence-corrected chi connectivity index (χ4v) is 3.63. The number of carbonyl (C=O) groups is 2.